The van der Waals surface area contributed by atoms with Gasteiger partial charge in [0, 0.05) is 16.7 Å². The first-order valence-corrected chi connectivity index (χ1v) is 16.1. The summed E-state index contributed by atoms with van der Waals surface area (Å²) in [6.07, 6.45) is 14.2. The summed E-state index contributed by atoms with van der Waals surface area (Å²) in [7, 11) is 0. The van der Waals surface area contributed by atoms with Crippen LogP contribution < -0.4 is 0 Å². The van der Waals surface area contributed by atoms with Crippen molar-refractivity contribution in [3.63, 3.8) is 0 Å². The topological polar surface area (TPSA) is 38.7 Å². The molecular formula is C45H37N3. The summed E-state index contributed by atoms with van der Waals surface area (Å²) in [5.74, 6) is 1.81. The lowest BCUT2D eigenvalue weighted by atomic mass is 10.0. The first-order chi connectivity index (χ1) is 23.6. The molecule has 0 N–H and O–H groups in total. The summed E-state index contributed by atoms with van der Waals surface area (Å²) in [6.45, 7) is 8.03. The van der Waals surface area contributed by atoms with Crippen LogP contribution in [-0.2, 0) is 0 Å². The molecule has 6 aromatic rings. The Morgan fingerprint density at radius 2 is 1.08 bits per heavy atom. The van der Waals surface area contributed by atoms with Crippen molar-refractivity contribution in [2.45, 2.75) is 13.8 Å². The first-order valence-electron chi connectivity index (χ1n) is 16.1. The van der Waals surface area contributed by atoms with E-state index in [2.05, 4.69) is 159 Å². The minimum absolute atomic E-state index is 0.589. The smallest absolute Gasteiger partial charge is 0.164 e. The molecule has 0 aliphatic heterocycles. The van der Waals surface area contributed by atoms with Crippen molar-refractivity contribution < 1.29 is 0 Å². The predicted octanol–water partition coefficient (Wildman–Crippen LogP) is 11.6. The van der Waals surface area contributed by atoms with Gasteiger partial charge in [0.25, 0.3) is 0 Å². The van der Waals surface area contributed by atoms with Gasteiger partial charge in [0.15, 0.2) is 17.5 Å². The Bertz CT molecular complexity index is 2050. The second kappa shape index (κ2) is 15.4. The van der Waals surface area contributed by atoms with Crippen LogP contribution in [0.3, 0.4) is 0 Å². The summed E-state index contributed by atoms with van der Waals surface area (Å²) >= 11 is 0. The van der Waals surface area contributed by atoms with E-state index in [9.17, 15) is 0 Å². The average Bonchev–Trinajstić information content (AvgIpc) is 3.15. The Kier molecular flexibility index (Phi) is 10.2. The molecular weight excluding hydrogens is 583 g/mol. The van der Waals surface area contributed by atoms with Gasteiger partial charge in [0.05, 0.1) is 0 Å². The van der Waals surface area contributed by atoms with Crippen molar-refractivity contribution in [3.05, 3.63) is 199 Å². The summed E-state index contributed by atoms with van der Waals surface area (Å²) < 4.78 is 0. The minimum Gasteiger partial charge on any atom is -0.208 e. The number of hydrogen-bond acceptors (Lipinski definition) is 3. The average molecular weight is 620 g/mol. The molecule has 232 valence electrons. The van der Waals surface area contributed by atoms with Crippen LogP contribution >= 0.6 is 0 Å². The van der Waals surface area contributed by atoms with Gasteiger partial charge in [0.1, 0.15) is 0 Å². The number of hydrogen-bond donors (Lipinski definition) is 0. The number of aryl methyl sites for hydroxylation is 1. The van der Waals surface area contributed by atoms with E-state index in [0.29, 0.717) is 17.5 Å². The van der Waals surface area contributed by atoms with Gasteiger partial charge in [-0.05, 0) is 77.1 Å². The van der Waals surface area contributed by atoms with Gasteiger partial charge in [-0.1, -0.05) is 158 Å². The quantitative estimate of drug-likeness (QED) is 0.143. The molecule has 0 radical (unpaired) electrons. The van der Waals surface area contributed by atoms with Crippen molar-refractivity contribution in [2.75, 3.05) is 0 Å². The molecule has 0 atom stereocenters. The highest BCUT2D eigenvalue weighted by Gasteiger charge is 2.15. The molecule has 0 bridgehead atoms. The summed E-state index contributed by atoms with van der Waals surface area (Å²) in [5, 5.41) is 0. The third-order valence-corrected chi connectivity index (χ3v) is 7.95. The molecule has 0 fully saturated rings. The molecule has 0 aliphatic carbocycles. The van der Waals surface area contributed by atoms with Gasteiger partial charge in [-0.25, -0.2) is 15.0 Å². The third-order valence-electron chi connectivity index (χ3n) is 7.95. The van der Waals surface area contributed by atoms with Crippen LogP contribution in [0.4, 0.5) is 0 Å². The SMILES string of the molecule is C=C\C=C/C(=C/c1ccccc1C)/C=C(\C=C/C)c1nc(-c2cccc(-c3ccccc3)c2)nc(-c2cccc(-c3ccccc3)c2)n1. The molecule has 0 saturated carbocycles. The highest BCUT2D eigenvalue weighted by atomic mass is 15.0. The fourth-order valence-electron chi connectivity index (χ4n) is 5.49. The molecule has 0 aliphatic rings. The maximum Gasteiger partial charge on any atom is 0.164 e. The summed E-state index contributed by atoms with van der Waals surface area (Å²) in [5.41, 5.74) is 10.5. The Hall–Kier alpha value is -6.19. The molecule has 0 amide bonds. The van der Waals surface area contributed by atoms with Gasteiger partial charge >= 0.3 is 0 Å². The molecule has 0 spiro atoms. The zero-order chi connectivity index (χ0) is 33.1. The monoisotopic (exact) mass is 619 g/mol. The molecule has 1 aromatic heterocycles. The lowest BCUT2D eigenvalue weighted by Gasteiger charge is -2.11. The van der Waals surface area contributed by atoms with E-state index in [-0.39, 0.29) is 0 Å². The molecule has 0 unspecified atom stereocenters. The fraction of sp³-hybridized carbons (Fsp3) is 0.0444. The Labute approximate surface area is 283 Å². The fourth-order valence-corrected chi connectivity index (χ4v) is 5.49. The zero-order valence-electron chi connectivity index (χ0n) is 27.3. The Morgan fingerprint density at radius 1 is 0.562 bits per heavy atom. The Balaban J connectivity index is 1.54. The van der Waals surface area contributed by atoms with Crippen molar-refractivity contribution in [2.24, 2.45) is 0 Å². The molecule has 1 heterocycles. The van der Waals surface area contributed by atoms with E-state index in [1.807, 2.05) is 31.2 Å². The van der Waals surface area contributed by atoms with E-state index in [0.717, 1.165) is 50.1 Å². The molecule has 3 heteroatoms. The van der Waals surface area contributed by atoms with E-state index in [1.54, 1.807) is 6.08 Å². The summed E-state index contributed by atoms with van der Waals surface area (Å²) in [6, 6.07) is 45.9. The van der Waals surface area contributed by atoms with Gasteiger partial charge in [0.2, 0.25) is 0 Å². The van der Waals surface area contributed by atoms with E-state index in [1.165, 1.54) is 5.56 Å². The van der Waals surface area contributed by atoms with Gasteiger partial charge < -0.3 is 0 Å². The molecule has 5 aromatic carbocycles. The number of benzene rings is 5. The number of allylic oxidation sites excluding steroid dienone is 8. The van der Waals surface area contributed by atoms with Gasteiger partial charge in [-0.15, -0.1) is 0 Å². The molecule has 0 saturated heterocycles. The minimum atomic E-state index is 0.589. The van der Waals surface area contributed by atoms with Crippen LogP contribution in [0.1, 0.15) is 23.9 Å². The molecule has 3 nitrogen and oxygen atoms in total. The highest BCUT2D eigenvalue weighted by Crippen LogP contribution is 2.30. The number of rotatable bonds is 10. The van der Waals surface area contributed by atoms with E-state index < -0.39 is 0 Å². The van der Waals surface area contributed by atoms with Crippen LogP contribution in [0.5, 0.6) is 0 Å². The van der Waals surface area contributed by atoms with Crippen molar-refractivity contribution in [1.29, 1.82) is 0 Å². The second-order valence-corrected chi connectivity index (χ2v) is 11.4. The number of aromatic nitrogens is 3. The lowest BCUT2D eigenvalue weighted by Crippen LogP contribution is -2.03. The predicted molar refractivity (Wildman–Crippen MR) is 203 cm³/mol. The third kappa shape index (κ3) is 7.78. The van der Waals surface area contributed by atoms with Gasteiger partial charge in [-0.2, -0.15) is 0 Å². The van der Waals surface area contributed by atoms with E-state index in [4.69, 9.17) is 15.0 Å². The van der Waals surface area contributed by atoms with Crippen LogP contribution in [-0.4, -0.2) is 15.0 Å². The largest absolute Gasteiger partial charge is 0.208 e. The van der Waals surface area contributed by atoms with Crippen molar-refractivity contribution in [1.82, 2.24) is 15.0 Å². The van der Waals surface area contributed by atoms with Crippen LogP contribution in [0.2, 0.25) is 0 Å². The van der Waals surface area contributed by atoms with Crippen molar-refractivity contribution in [3.8, 4) is 45.0 Å². The van der Waals surface area contributed by atoms with Gasteiger partial charge in [-0.3, -0.25) is 0 Å². The van der Waals surface area contributed by atoms with Crippen LogP contribution in [0, 0.1) is 6.92 Å². The van der Waals surface area contributed by atoms with E-state index >= 15 is 0 Å². The second-order valence-electron chi connectivity index (χ2n) is 11.4. The maximum atomic E-state index is 5.11. The maximum absolute atomic E-state index is 5.11. The lowest BCUT2D eigenvalue weighted by molar-refractivity contribution is 1.04. The van der Waals surface area contributed by atoms with Crippen LogP contribution in [0.25, 0.3) is 56.7 Å². The first kappa shape index (κ1) is 31.8. The summed E-state index contributed by atoms with van der Waals surface area (Å²) in [4.78, 5) is 15.3. The highest BCUT2D eigenvalue weighted by molar-refractivity contribution is 5.79. The number of nitrogens with zero attached hydrogens (tertiary/aromatic N) is 3. The van der Waals surface area contributed by atoms with Crippen LogP contribution in [0.15, 0.2) is 182 Å². The zero-order valence-corrected chi connectivity index (χ0v) is 27.3. The Morgan fingerprint density at radius 3 is 1.62 bits per heavy atom. The molecule has 6 rings (SSSR count). The van der Waals surface area contributed by atoms with Crippen molar-refractivity contribution >= 4 is 11.6 Å². The normalized spacial score (nSPS) is 12.1. The molecule has 48 heavy (non-hydrogen) atoms. The standard InChI is InChI=1S/C45H37N3/c1-4-6-19-34(29-37-24-14-13-18-33(37)3)30-40(17-5-2)43-46-44(41-27-15-25-38(31-41)35-20-9-7-10-21-35)48-45(47-43)42-28-16-26-39(32-42)36-22-11-8-12-23-36/h4-32H,1H2,2-3H3/b17-5-,19-6-,34-29-,40-30+.